The normalized spacial score (nSPS) is 37.9. The van der Waals surface area contributed by atoms with Crippen molar-refractivity contribution >= 4 is 38.7 Å². The van der Waals surface area contributed by atoms with Crippen LogP contribution in [0.5, 0.6) is 0 Å². The topological polar surface area (TPSA) is 104 Å². The van der Waals surface area contributed by atoms with Crippen molar-refractivity contribution in [1.29, 1.82) is 0 Å². The molecule has 2 bridgehead atoms. The van der Waals surface area contributed by atoms with Gasteiger partial charge in [-0.05, 0) is 92.2 Å². The lowest BCUT2D eigenvalue weighted by Crippen LogP contribution is -2.67. The van der Waals surface area contributed by atoms with Gasteiger partial charge in [-0.2, -0.15) is 4.31 Å². The summed E-state index contributed by atoms with van der Waals surface area (Å²) < 4.78 is 50.0. The Kier molecular flexibility index (Phi) is 8.94. The fraction of sp³-hybridized carbons (Fsp3) is 0.605. The number of carbonyl (C=O) groups excluding carboxylic acids is 1. The van der Waals surface area contributed by atoms with E-state index < -0.39 is 43.8 Å². The predicted molar refractivity (Wildman–Crippen MR) is 188 cm³/mol. The van der Waals surface area contributed by atoms with Gasteiger partial charge in [0.1, 0.15) is 10.0 Å². The average molecular weight is 732 g/mol. The Morgan fingerprint density at radius 2 is 1.82 bits per heavy atom. The van der Waals surface area contributed by atoms with E-state index in [0.29, 0.717) is 50.7 Å². The van der Waals surface area contributed by atoms with Crippen molar-refractivity contribution in [2.75, 3.05) is 26.8 Å². The summed E-state index contributed by atoms with van der Waals surface area (Å²) in [5.74, 6) is -0.819. The molecule has 49 heavy (non-hydrogen) atoms. The van der Waals surface area contributed by atoms with Crippen molar-refractivity contribution in [2.24, 2.45) is 33.5 Å². The molecule has 3 fully saturated rings. The third-order valence-electron chi connectivity index (χ3n) is 13.7. The van der Waals surface area contributed by atoms with E-state index in [1.807, 2.05) is 0 Å². The first-order valence-electron chi connectivity index (χ1n) is 17.5. The van der Waals surface area contributed by atoms with Crippen LogP contribution in [-0.4, -0.2) is 67.2 Å². The van der Waals surface area contributed by atoms with Crippen molar-refractivity contribution in [3.8, 4) is 0 Å². The molecule has 1 aromatic carbocycles. The summed E-state index contributed by atoms with van der Waals surface area (Å²) in [5, 5.41) is 25.7. The summed E-state index contributed by atoms with van der Waals surface area (Å²) in [7, 11) is -2.29. The molecule has 2 aromatic rings. The van der Waals surface area contributed by atoms with Gasteiger partial charge in [-0.25, -0.2) is 12.8 Å². The second-order valence-corrected chi connectivity index (χ2v) is 19.2. The Bertz CT molecular complexity index is 1780. The number of sulfonamides is 1. The molecule has 8 rings (SSSR count). The number of ketones is 1. The SMILES string of the molecule is COCCCN(C[C@]1(O)CC[C@H]2[C@]34C=C[C@@]5(C=C3C(=O)Cc3c(F)cccc3Cl)CC(O)CC[C@]5(C)[C@H]4CC[C@@]21C)S(=O)(=O)c1cccs1. The van der Waals surface area contributed by atoms with Crippen molar-refractivity contribution in [3.63, 3.8) is 0 Å². The van der Waals surface area contributed by atoms with Crippen molar-refractivity contribution in [2.45, 2.75) is 87.5 Å². The maximum Gasteiger partial charge on any atom is 0.252 e. The number of aliphatic hydroxyl groups excluding tert-OH is 1. The Morgan fingerprint density at radius 3 is 2.53 bits per heavy atom. The smallest absolute Gasteiger partial charge is 0.252 e. The van der Waals surface area contributed by atoms with E-state index in [4.69, 9.17) is 16.3 Å². The van der Waals surface area contributed by atoms with E-state index in [1.165, 1.54) is 16.4 Å². The summed E-state index contributed by atoms with van der Waals surface area (Å²) in [4.78, 5) is 14.7. The predicted octanol–water partition coefficient (Wildman–Crippen LogP) is 6.97. The number of carbonyl (C=O) groups is 1. The molecule has 0 radical (unpaired) electrons. The monoisotopic (exact) mass is 731 g/mol. The van der Waals surface area contributed by atoms with Gasteiger partial charge in [-0.3, -0.25) is 4.79 Å². The molecule has 266 valence electrons. The molecule has 3 saturated carbocycles. The number of rotatable bonds is 11. The van der Waals surface area contributed by atoms with Crippen LogP contribution in [0.1, 0.15) is 70.8 Å². The van der Waals surface area contributed by atoms with Crippen LogP contribution < -0.4 is 0 Å². The van der Waals surface area contributed by atoms with E-state index in [-0.39, 0.29) is 57.3 Å². The third-order valence-corrected chi connectivity index (χ3v) is 17.3. The van der Waals surface area contributed by atoms with Gasteiger partial charge >= 0.3 is 0 Å². The fourth-order valence-electron chi connectivity index (χ4n) is 11.1. The van der Waals surface area contributed by atoms with E-state index in [1.54, 1.807) is 30.7 Å². The molecule has 6 aliphatic carbocycles. The summed E-state index contributed by atoms with van der Waals surface area (Å²) in [6.45, 7) is 4.94. The van der Waals surface area contributed by atoms with Gasteiger partial charge in [0, 0.05) is 65.6 Å². The van der Waals surface area contributed by atoms with E-state index in [2.05, 4.69) is 32.1 Å². The molecule has 2 spiro atoms. The highest BCUT2D eigenvalue weighted by atomic mass is 35.5. The van der Waals surface area contributed by atoms with Crippen LogP contribution in [0, 0.1) is 39.3 Å². The minimum atomic E-state index is -3.88. The fourth-order valence-corrected chi connectivity index (χ4v) is 14.0. The van der Waals surface area contributed by atoms with Crippen LogP contribution in [0.3, 0.4) is 0 Å². The molecule has 1 heterocycles. The molecular weight excluding hydrogens is 685 g/mol. The largest absolute Gasteiger partial charge is 0.393 e. The number of fused-ring (bicyclic) bond motifs is 1. The first kappa shape index (κ1) is 35.5. The zero-order valence-corrected chi connectivity index (χ0v) is 30.8. The van der Waals surface area contributed by atoms with E-state index in [9.17, 15) is 23.4 Å². The number of methoxy groups -OCH3 is 1. The lowest BCUT2D eigenvalue weighted by atomic mass is 9.32. The second kappa shape index (κ2) is 12.3. The van der Waals surface area contributed by atoms with Crippen LogP contribution >= 0.6 is 22.9 Å². The molecule has 6 aliphatic rings. The Labute approximate surface area is 298 Å². The standard InChI is InChI=1S/C38H47ClFNO6S2/c1-34-13-10-25(42)22-36(34)16-17-38(27(23-36)30(43)21-26-28(39)7-4-8-29(26)40)31(34)11-14-35(2)32(38)12-15-37(35,44)24-41(18-6-19-47-3)49(45,46)33-9-5-20-48-33/h4-5,7-9,16-17,20,23,25,31-32,42,44H,6,10-15,18-19,21-22,24H2,1-3H3/t25?,31-,32-,34-,35+,36+,37-,38-/m1/s1. The molecule has 8 atom stereocenters. The Morgan fingerprint density at radius 1 is 1.08 bits per heavy atom. The van der Waals surface area contributed by atoms with Gasteiger partial charge in [0.15, 0.2) is 5.78 Å². The van der Waals surface area contributed by atoms with Gasteiger partial charge in [0.2, 0.25) is 0 Å². The molecule has 1 aromatic heterocycles. The summed E-state index contributed by atoms with van der Waals surface area (Å²) in [6.07, 6.45) is 10.8. The minimum absolute atomic E-state index is 0.0559. The quantitative estimate of drug-likeness (QED) is 0.191. The van der Waals surface area contributed by atoms with E-state index in [0.717, 1.165) is 24.2 Å². The van der Waals surface area contributed by atoms with Gasteiger partial charge in [0.05, 0.1) is 11.7 Å². The number of nitrogens with zero attached hydrogens (tertiary/aromatic N) is 1. The number of allylic oxidation sites excluding steroid dienone is 4. The number of hydrogen-bond acceptors (Lipinski definition) is 7. The highest BCUT2D eigenvalue weighted by molar-refractivity contribution is 7.91. The second-order valence-electron chi connectivity index (χ2n) is 15.7. The molecular formula is C38H47ClFNO6S2. The summed E-state index contributed by atoms with van der Waals surface area (Å²) in [5.41, 5.74) is -2.76. The van der Waals surface area contributed by atoms with Gasteiger partial charge in [-0.1, -0.05) is 55.8 Å². The van der Waals surface area contributed by atoms with Crippen molar-refractivity contribution < 1.29 is 32.6 Å². The minimum Gasteiger partial charge on any atom is -0.393 e. The molecule has 11 heteroatoms. The summed E-state index contributed by atoms with van der Waals surface area (Å²) >= 11 is 7.61. The first-order chi connectivity index (χ1) is 23.2. The number of aliphatic hydroxyl groups is 2. The number of halogens is 2. The highest BCUT2D eigenvalue weighted by Gasteiger charge is 2.74. The highest BCUT2D eigenvalue weighted by Crippen LogP contribution is 2.78. The Balaban J connectivity index is 1.31. The number of Topliss-reactive ketones (excluding diaryl/α,β-unsaturated/α-hetero) is 1. The number of hydrogen-bond donors (Lipinski definition) is 2. The van der Waals surface area contributed by atoms with Crippen LogP contribution in [0.4, 0.5) is 4.39 Å². The number of benzene rings is 1. The molecule has 2 N–H and O–H groups in total. The van der Waals surface area contributed by atoms with E-state index >= 15 is 4.39 Å². The maximum absolute atomic E-state index is 15.1. The summed E-state index contributed by atoms with van der Waals surface area (Å²) in [6, 6.07) is 7.77. The average Bonchev–Trinajstić information content (AvgIpc) is 3.70. The molecule has 7 nitrogen and oxygen atoms in total. The van der Waals surface area contributed by atoms with Crippen LogP contribution in [0.25, 0.3) is 0 Å². The lowest BCUT2D eigenvalue weighted by molar-refractivity contribution is -0.176. The number of thiophene rings is 1. The molecule has 0 aliphatic heterocycles. The zero-order chi connectivity index (χ0) is 35.0. The lowest BCUT2D eigenvalue weighted by Gasteiger charge is -2.71. The van der Waals surface area contributed by atoms with Crippen molar-refractivity contribution in [1.82, 2.24) is 4.31 Å². The van der Waals surface area contributed by atoms with Gasteiger partial charge in [0.25, 0.3) is 10.0 Å². The van der Waals surface area contributed by atoms with Crippen LogP contribution in [0.15, 0.2) is 63.7 Å². The van der Waals surface area contributed by atoms with Crippen LogP contribution in [-0.2, 0) is 26.0 Å². The van der Waals surface area contributed by atoms with Gasteiger partial charge < -0.3 is 14.9 Å². The third kappa shape index (κ3) is 5.13. The van der Waals surface area contributed by atoms with Gasteiger partial charge in [-0.15, -0.1) is 11.3 Å². The zero-order valence-electron chi connectivity index (χ0n) is 28.5. The molecule has 0 saturated heterocycles. The number of ether oxygens (including phenoxy) is 1. The van der Waals surface area contributed by atoms with Crippen LogP contribution in [0.2, 0.25) is 5.02 Å². The van der Waals surface area contributed by atoms with Crippen molar-refractivity contribution in [3.05, 3.63) is 75.9 Å². The first-order valence-corrected chi connectivity index (χ1v) is 20.2. The Hall–Kier alpha value is -1.92. The molecule has 0 amide bonds. The molecule has 1 unspecified atom stereocenters. The maximum atomic E-state index is 15.1.